The quantitative estimate of drug-likeness (QED) is 0.237. The van der Waals surface area contributed by atoms with E-state index in [1.807, 2.05) is 0 Å². The van der Waals surface area contributed by atoms with Crippen LogP contribution in [0.5, 0.6) is 0 Å². The summed E-state index contributed by atoms with van der Waals surface area (Å²) < 4.78 is 21.6. The van der Waals surface area contributed by atoms with Crippen LogP contribution in [0.3, 0.4) is 0 Å². The predicted octanol–water partition coefficient (Wildman–Crippen LogP) is -3.15. The summed E-state index contributed by atoms with van der Waals surface area (Å²) in [5.74, 6) is -0.856. The van der Waals surface area contributed by atoms with Crippen LogP contribution >= 0.6 is 0 Å². The lowest BCUT2D eigenvalue weighted by atomic mass is 9.79. The summed E-state index contributed by atoms with van der Waals surface area (Å²) in [6.45, 7) is 0.537. The van der Waals surface area contributed by atoms with Crippen molar-refractivity contribution in [3.05, 3.63) is 7.11 Å². The third kappa shape index (κ3) is 4.75. The van der Waals surface area contributed by atoms with Gasteiger partial charge in [-0.3, -0.25) is 4.79 Å². The van der Waals surface area contributed by atoms with Crippen molar-refractivity contribution in [2.45, 2.75) is 68.3 Å². The maximum Gasteiger partial charge on any atom is 0.225 e. The highest BCUT2D eigenvalue weighted by Gasteiger charge is 2.50. The Labute approximate surface area is 163 Å². The molecule has 0 aromatic carbocycles. The zero-order valence-electron chi connectivity index (χ0n) is 16.0. The van der Waals surface area contributed by atoms with Gasteiger partial charge in [0.25, 0.3) is 0 Å². The fourth-order valence-electron chi connectivity index (χ4n) is 3.95. The van der Waals surface area contributed by atoms with Gasteiger partial charge in [-0.2, -0.15) is 4.74 Å². The van der Waals surface area contributed by atoms with E-state index >= 15 is 0 Å². The second-order valence-corrected chi connectivity index (χ2v) is 7.19. The van der Waals surface area contributed by atoms with Crippen molar-refractivity contribution in [1.29, 1.82) is 0 Å². The molecule has 11 nitrogen and oxygen atoms in total. The van der Waals surface area contributed by atoms with Gasteiger partial charge in [0.1, 0.15) is 24.4 Å². The van der Waals surface area contributed by atoms with Crippen molar-refractivity contribution in [3.63, 3.8) is 0 Å². The number of ether oxygens (including phenoxy) is 4. The Morgan fingerprint density at radius 3 is 2.43 bits per heavy atom. The number of carbonyl (C=O) groups is 1. The number of aliphatic hydroxyl groups is 4. The molecule has 0 aromatic rings. The Morgan fingerprint density at radius 1 is 1.25 bits per heavy atom. The number of nitrogens with two attached hydrogens (primary N) is 1. The second-order valence-electron chi connectivity index (χ2n) is 7.19. The van der Waals surface area contributed by atoms with Crippen LogP contribution in [0.1, 0.15) is 13.3 Å². The number of carbonyl (C=O) groups excluding carboxylic acids is 1. The van der Waals surface area contributed by atoms with E-state index in [-0.39, 0.29) is 13.0 Å². The lowest BCUT2D eigenvalue weighted by Gasteiger charge is -2.47. The van der Waals surface area contributed by atoms with Crippen LogP contribution in [-0.2, 0) is 23.7 Å². The number of hydrogen-bond acceptors (Lipinski definition) is 10. The van der Waals surface area contributed by atoms with E-state index in [1.165, 1.54) is 14.0 Å². The van der Waals surface area contributed by atoms with E-state index in [2.05, 4.69) is 12.4 Å². The first-order valence-corrected chi connectivity index (χ1v) is 9.14. The predicted molar refractivity (Wildman–Crippen MR) is 94.4 cm³/mol. The summed E-state index contributed by atoms with van der Waals surface area (Å²) in [6.07, 6.45) is -6.77. The highest BCUT2D eigenvalue weighted by Crippen LogP contribution is 2.33. The van der Waals surface area contributed by atoms with Crippen molar-refractivity contribution in [2.75, 3.05) is 20.3 Å². The molecular weight excluding hydrogens is 376 g/mol. The highest BCUT2D eigenvalue weighted by molar-refractivity contribution is 5.73. The molecule has 28 heavy (non-hydrogen) atoms. The normalized spacial score (nSPS) is 44.2. The van der Waals surface area contributed by atoms with Crippen LogP contribution in [-0.4, -0.2) is 102 Å². The molecule has 10 atom stereocenters. The van der Waals surface area contributed by atoms with Gasteiger partial charge in [-0.05, 0) is 6.42 Å². The molecule has 1 saturated heterocycles. The van der Waals surface area contributed by atoms with Gasteiger partial charge >= 0.3 is 0 Å². The summed E-state index contributed by atoms with van der Waals surface area (Å²) >= 11 is 0. The average molecular weight is 407 g/mol. The Bertz CT molecular complexity index is 509. The molecular formula is C17H31N2O9+. The maximum atomic E-state index is 11.6. The summed E-state index contributed by atoms with van der Waals surface area (Å²) in [5, 5.41) is 43.2. The minimum Gasteiger partial charge on any atom is -0.396 e. The van der Waals surface area contributed by atoms with Crippen LogP contribution in [0.4, 0.5) is 0 Å². The lowest BCUT2D eigenvalue weighted by Crippen LogP contribution is -2.67. The van der Waals surface area contributed by atoms with Gasteiger partial charge in [0.2, 0.25) is 19.3 Å². The average Bonchev–Trinajstić information content (AvgIpc) is 2.67. The molecule has 11 heteroatoms. The molecule has 1 amide bonds. The number of nitrogens with one attached hydrogen (secondary N) is 1. The number of methoxy groups -OCH3 is 1. The van der Waals surface area contributed by atoms with Gasteiger partial charge in [-0.1, -0.05) is 0 Å². The largest absolute Gasteiger partial charge is 0.396 e. The molecule has 1 aliphatic carbocycles. The second kappa shape index (κ2) is 10.1. The van der Waals surface area contributed by atoms with Gasteiger partial charge < -0.3 is 45.7 Å². The topological polar surface area (TPSA) is 173 Å². The van der Waals surface area contributed by atoms with E-state index in [0.717, 1.165) is 0 Å². The lowest BCUT2D eigenvalue weighted by molar-refractivity contribution is -0.277. The number of aliphatic hydroxyl groups excluding tert-OH is 4. The van der Waals surface area contributed by atoms with Crippen LogP contribution in [0.2, 0.25) is 0 Å². The molecule has 0 radical (unpaired) electrons. The molecule has 1 aliphatic heterocycles. The van der Waals surface area contributed by atoms with Crippen molar-refractivity contribution in [1.82, 2.24) is 5.32 Å². The molecule has 162 valence electrons. The Hall–Kier alpha value is -1.02. The number of hydrogen-bond donors (Lipinski definition) is 6. The molecule has 2 fully saturated rings. The Balaban J connectivity index is 2.25. The fourth-order valence-corrected chi connectivity index (χ4v) is 3.95. The smallest absolute Gasteiger partial charge is 0.225 e. The van der Waals surface area contributed by atoms with Gasteiger partial charge in [-0.25, -0.2) is 0 Å². The first kappa shape index (κ1) is 23.3. The number of amides is 1. The van der Waals surface area contributed by atoms with E-state index in [9.17, 15) is 25.2 Å². The minimum atomic E-state index is -1.26. The molecule has 2 rings (SSSR count). The molecule has 0 bridgehead atoms. The summed E-state index contributed by atoms with van der Waals surface area (Å²) in [6, 6.07) is -1.85. The van der Waals surface area contributed by atoms with Crippen molar-refractivity contribution < 1.29 is 44.2 Å². The van der Waals surface area contributed by atoms with E-state index < -0.39 is 73.4 Å². The van der Waals surface area contributed by atoms with Gasteiger partial charge in [0.15, 0.2) is 0 Å². The maximum absolute atomic E-state index is 11.6. The molecule has 1 saturated carbocycles. The molecule has 0 aromatic heterocycles. The van der Waals surface area contributed by atoms with Crippen LogP contribution < -0.4 is 11.1 Å². The molecule has 1 heterocycles. The summed E-state index contributed by atoms with van der Waals surface area (Å²) in [4.78, 5) is 11.6. The SMILES string of the molecule is [CH2+]OC1OC(CO)C(OC2CC(CO)C(OC)C(O)C2NC(C)=O)C(O)C1N. The highest BCUT2D eigenvalue weighted by atomic mass is 16.7. The molecule has 2 aliphatic rings. The number of rotatable bonds is 7. The van der Waals surface area contributed by atoms with Crippen molar-refractivity contribution >= 4 is 5.91 Å². The van der Waals surface area contributed by atoms with Crippen molar-refractivity contribution in [2.24, 2.45) is 11.7 Å². The fraction of sp³-hybridized carbons (Fsp3) is 0.882. The van der Waals surface area contributed by atoms with E-state index in [1.54, 1.807) is 0 Å². The third-order valence-corrected chi connectivity index (χ3v) is 5.38. The van der Waals surface area contributed by atoms with Crippen LogP contribution in [0.15, 0.2) is 0 Å². The molecule has 7 N–H and O–H groups in total. The monoisotopic (exact) mass is 407 g/mol. The minimum absolute atomic E-state index is 0.225. The molecule has 0 spiro atoms. The summed E-state index contributed by atoms with van der Waals surface area (Å²) in [7, 11) is 4.64. The van der Waals surface area contributed by atoms with Gasteiger partial charge in [0.05, 0.1) is 30.9 Å². The Kier molecular flexibility index (Phi) is 8.43. The zero-order valence-corrected chi connectivity index (χ0v) is 16.0. The Morgan fingerprint density at radius 2 is 1.93 bits per heavy atom. The zero-order chi connectivity index (χ0) is 21.0. The first-order chi connectivity index (χ1) is 13.3. The van der Waals surface area contributed by atoms with E-state index in [4.69, 9.17) is 24.7 Å². The van der Waals surface area contributed by atoms with Crippen LogP contribution in [0.25, 0.3) is 0 Å². The third-order valence-electron chi connectivity index (χ3n) is 5.38. The van der Waals surface area contributed by atoms with Gasteiger partial charge in [0, 0.05) is 26.6 Å². The van der Waals surface area contributed by atoms with E-state index in [0.29, 0.717) is 0 Å². The first-order valence-electron chi connectivity index (χ1n) is 9.14. The van der Waals surface area contributed by atoms with Crippen LogP contribution in [0, 0.1) is 13.0 Å². The van der Waals surface area contributed by atoms with Gasteiger partial charge in [-0.15, -0.1) is 0 Å². The molecule has 10 unspecified atom stereocenters. The summed E-state index contributed by atoms with van der Waals surface area (Å²) in [5.41, 5.74) is 5.90. The van der Waals surface area contributed by atoms with Crippen molar-refractivity contribution in [3.8, 4) is 0 Å². The standard InChI is InChI=1S/C17H30N2O9/c1-7(22)19-12-9(4-8(5-20)15(25-2)14(12)24)27-16-10(6-21)28-17(26-3)11(18)13(16)23/h8-17,20-21,23-24H,3-6,18H2,1-2H3/p+1.